The van der Waals surface area contributed by atoms with E-state index in [-0.39, 0.29) is 22.0 Å². The maximum absolute atomic E-state index is 13.6. The summed E-state index contributed by atoms with van der Waals surface area (Å²) >= 11 is 14.1. The maximum atomic E-state index is 13.6. The summed E-state index contributed by atoms with van der Waals surface area (Å²) in [6, 6.07) is 7.75. The Bertz CT molecular complexity index is 948. The lowest BCUT2D eigenvalue weighted by molar-refractivity contribution is 0.102. The molecule has 10 heteroatoms. The molecule has 4 nitrogen and oxygen atoms in total. The molecule has 1 N–H and O–H groups in total. The van der Waals surface area contributed by atoms with E-state index in [2.05, 4.69) is 15.5 Å². The minimum Gasteiger partial charge on any atom is -0.296 e. The molecule has 1 aromatic heterocycles. The SMILES string of the molecule is O=C(Nc1nnc(SCc2cc(F)ccc2F)s1)c1cc(Cl)cc(Cl)c1. The fraction of sp³-hybridized carbons (Fsp3) is 0.0625. The second-order valence-electron chi connectivity index (χ2n) is 5.01. The molecule has 0 unspecified atom stereocenters. The van der Waals surface area contributed by atoms with Crippen LogP contribution >= 0.6 is 46.3 Å². The average Bonchev–Trinajstić information content (AvgIpc) is 3.02. The van der Waals surface area contributed by atoms with Crippen LogP contribution in [0.4, 0.5) is 13.9 Å². The minimum atomic E-state index is -0.507. The Morgan fingerprint density at radius 2 is 1.85 bits per heavy atom. The largest absolute Gasteiger partial charge is 0.296 e. The molecular formula is C16H9Cl2F2N3OS2. The van der Waals surface area contributed by atoms with E-state index >= 15 is 0 Å². The first kappa shape index (κ1) is 19.0. The highest BCUT2D eigenvalue weighted by Crippen LogP contribution is 2.29. The number of anilines is 1. The van der Waals surface area contributed by atoms with Gasteiger partial charge in [-0.3, -0.25) is 10.1 Å². The molecule has 0 atom stereocenters. The molecule has 0 radical (unpaired) electrons. The van der Waals surface area contributed by atoms with Gasteiger partial charge in [-0.05, 0) is 36.4 Å². The van der Waals surface area contributed by atoms with Gasteiger partial charge in [-0.1, -0.05) is 46.3 Å². The van der Waals surface area contributed by atoms with E-state index in [1.165, 1.54) is 30.0 Å². The predicted molar refractivity (Wildman–Crippen MR) is 100 cm³/mol. The molecule has 0 fully saturated rings. The van der Waals surface area contributed by atoms with Crippen LogP contribution in [0.2, 0.25) is 10.0 Å². The van der Waals surface area contributed by atoms with Crippen LogP contribution in [0.3, 0.4) is 0 Å². The van der Waals surface area contributed by atoms with Gasteiger partial charge in [-0.2, -0.15) is 0 Å². The number of aromatic nitrogens is 2. The number of hydrogen-bond donors (Lipinski definition) is 1. The Morgan fingerprint density at radius 3 is 2.58 bits per heavy atom. The van der Waals surface area contributed by atoms with Gasteiger partial charge in [0.1, 0.15) is 11.6 Å². The van der Waals surface area contributed by atoms with Crippen molar-refractivity contribution in [2.45, 2.75) is 10.1 Å². The molecule has 0 aliphatic rings. The van der Waals surface area contributed by atoms with Crippen LogP contribution in [0.25, 0.3) is 0 Å². The molecule has 1 amide bonds. The van der Waals surface area contributed by atoms with E-state index in [4.69, 9.17) is 23.2 Å². The Balaban J connectivity index is 1.64. The standard InChI is InChI=1S/C16H9Cl2F2N3OS2/c17-10-3-8(4-11(18)6-10)14(24)21-15-22-23-16(26-15)25-7-9-5-12(19)1-2-13(9)20/h1-6H,7H2,(H,21,22,24). The van der Waals surface area contributed by atoms with E-state index in [9.17, 15) is 13.6 Å². The van der Waals surface area contributed by atoms with Gasteiger partial charge < -0.3 is 0 Å². The van der Waals surface area contributed by atoms with E-state index in [0.717, 1.165) is 29.5 Å². The molecule has 2 aromatic carbocycles. The van der Waals surface area contributed by atoms with Gasteiger partial charge >= 0.3 is 0 Å². The Kier molecular flexibility index (Phi) is 6.08. The molecule has 0 saturated heterocycles. The van der Waals surface area contributed by atoms with Crippen LogP contribution in [0.5, 0.6) is 0 Å². The molecule has 1 heterocycles. The van der Waals surface area contributed by atoms with Gasteiger partial charge in [0, 0.05) is 26.9 Å². The topological polar surface area (TPSA) is 54.9 Å². The van der Waals surface area contributed by atoms with Crippen molar-refractivity contribution < 1.29 is 13.6 Å². The van der Waals surface area contributed by atoms with Crippen molar-refractivity contribution in [3.05, 3.63) is 69.2 Å². The van der Waals surface area contributed by atoms with Crippen LogP contribution in [-0.2, 0) is 5.75 Å². The molecule has 3 rings (SSSR count). The summed E-state index contributed by atoms with van der Waals surface area (Å²) in [6.07, 6.45) is 0. The highest BCUT2D eigenvalue weighted by molar-refractivity contribution is 8.00. The molecule has 0 aliphatic carbocycles. The van der Waals surface area contributed by atoms with Gasteiger partial charge in [0.2, 0.25) is 5.13 Å². The highest BCUT2D eigenvalue weighted by atomic mass is 35.5. The first-order valence-corrected chi connectivity index (χ1v) is 9.64. The Hall–Kier alpha value is -1.74. The third kappa shape index (κ3) is 4.91. The van der Waals surface area contributed by atoms with Gasteiger partial charge in [0.15, 0.2) is 4.34 Å². The minimum absolute atomic E-state index is 0.191. The van der Waals surface area contributed by atoms with Crippen molar-refractivity contribution in [1.82, 2.24) is 10.2 Å². The van der Waals surface area contributed by atoms with Gasteiger partial charge in [-0.25, -0.2) is 8.78 Å². The van der Waals surface area contributed by atoms with Gasteiger partial charge in [0.05, 0.1) is 0 Å². The molecule has 0 saturated carbocycles. The van der Waals surface area contributed by atoms with Crippen molar-refractivity contribution in [2.24, 2.45) is 0 Å². The van der Waals surface area contributed by atoms with E-state index < -0.39 is 17.5 Å². The molecule has 26 heavy (non-hydrogen) atoms. The third-order valence-corrected chi connectivity index (χ3v) is 5.57. The molecule has 134 valence electrons. The molecular weight excluding hydrogens is 423 g/mol. The molecule has 0 bridgehead atoms. The molecule has 0 aliphatic heterocycles. The number of benzene rings is 2. The zero-order valence-electron chi connectivity index (χ0n) is 12.8. The number of halogens is 4. The normalized spacial score (nSPS) is 10.8. The van der Waals surface area contributed by atoms with Crippen LogP contribution < -0.4 is 5.32 Å². The summed E-state index contributed by atoms with van der Waals surface area (Å²) in [5, 5.41) is 11.3. The van der Waals surface area contributed by atoms with E-state index in [0.29, 0.717) is 14.4 Å². The van der Waals surface area contributed by atoms with Gasteiger partial charge in [0.25, 0.3) is 5.91 Å². The van der Waals surface area contributed by atoms with Gasteiger partial charge in [-0.15, -0.1) is 10.2 Å². The Labute approximate surface area is 165 Å². The van der Waals surface area contributed by atoms with Crippen molar-refractivity contribution in [3.63, 3.8) is 0 Å². The number of hydrogen-bond acceptors (Lipinski definition) is 5. The van der Waals surface area contributed by atoms with Crippen LogP contribution in [0, 0.1) is 11.6 Å². The summed E-state index contributed by atoms with van der Waals surface area (Å²) < 4.78 is 27.3. The van der Waals surface area contributed by atoms with Crippen LogP contribution in [0.15, 0.2) is 40.7 Å². The first-order chi connectivity index (χ1) is 12.4. The lowest BCUT2D eigenvalue weighted by Crippen LogP contribution is -2.11. The highest BCUT2D eigenvalue weighted by Gasteiger charge is 2.13. The number of carbonyl (C=O) groups is 1. The zero-order valence-corrected chi connectivity index (χ0v) is 15.9. The zero-order chi connectivity index (χ0) is 18.7. The second-order valence-corrected chi connectivity index (χ2v) is 8.08. The molecule has 3 aromatic rings. The Morgan fingerprint density at radius 1 is 1.12 bits per heavy atom. The van der Waals surface area contributed by atoms with E-state index in [1.54, 1.807) is 0 Å². The first-order valence-electron chi connectivity index (χ1n) is 7.08. The quantitative estimate of drug-likeness (QED) is 0.417. The number of thioether (sulfide) groups is 1. The van der Waals surface area contributed by atoms with Crippen molar-refractivity contribution in [3.8, 4) is 0 Å². The summed E-state index contributed by atoms with van der Waals surface area (Å²) in [4.78, 5) is 12.2. The third-order valence-electron chi connectivity index (χ3n) is 3.11. The smallest absolute Gasteiger partial charge is 0.257 e. The van der Waals surface area contributed by atoms with E-state index in [1.807, 2.05) is 0 Å². The van der Waals surface area contributed by atoms with Crippen molar-refractivity contribution in [2.75, 3.05) is 5.32 Å². The number of nitrogens with zero attached hydrogens (tertiary/aromatic N) is 2. The predicted octanol–water partition coefficient (Wildman–Crippen LogP) is 5.67. The number of nitrogens with one attached hydrogen (secondary N) is 1. The van der Waals surface area contributed by atoms with Crippen molar-refractivity contribution >= 4 is 57.3 Å². The fourth-order valence-corrected chi connectivity index (χ4v) is 4.21. The van der Waals surface area contributed by atoms with Crippen LogP contribution in [-0.4, -0.2) is 16.1 Å². The fourth-order valence-electron chi connectivity index (χ4n) is 1.97. The summed E-state index contributed by atoms with van der Waals surface area (Å²) in [5.74, 6) is -1.24. The summed E-state index contributed by atoms with van der Waals surface area (Å²) in [6.45, 7) is 0. The average molecular weight is 432 g/mol. The van der Waals surface area contributed by atoms with Crippen LogP contribution in [0.1, 0.15) is 15.9 Å². The molecule has 0 spiro atoms. The number of amides is 1. The lowest BCUT2D eigenvalue weighted by Gasteiger charge is -2.02. The number of rotatable bonds is 5. The summed E-state index contributed by atoms with van der Waals surface area (Å²) in [7, 11) is 0. The maximum Gasteiger partial charge on any atom is 0.257 e. The lowest BCUT2D eigenvalue weighted by atomic mass is 10.2. The van der Waals surface area contributed by atoms with Crippen molar-refractivity contribution in [1.29, 1.82) is 0 Å². The number of carbonyl (C=O) groups excluding carboxylic acids is 1. The second kappa shape index (κ2) is 8.30. The summed E-state index contributed by atoms with van der Waals surface area (Å²) in [5.41, 5.74) is 0.512. The monoisotopic (exact) mass is 431 g/mol.